The van der Waals surface area contributed by atoms with E-state index in [2.05, 4.69) is 13.5 Å². The molecule has 0 aliphatic heterocycles. The minimum atomic E-state index is -1.25. The standard InChI is InChI=1S/C29H36F4O/c1-3-5-7-8-9-10-20-11-13-21(14-12-20)22-15-16-23(27(31)26(22)30)24-17-18-25(29(33)28(24)32)34-19-6-4-2/h4,15-18,20-21H,2-3,5-14,19H2,1H3. The molecule has 2 aromatic carbocycles. The summed E-state index contributed by atoms with van der Waals surface area (Å²) in [5.41, 5.74) is -0.257. The SMILES string of the molecule is C=CCCOc1ccc(-c2ccc(C3CCC(CCCCCCC)CC3)c(F)c2F)c(F)c1F. The van der Waals surface area contributed by atoms with Crippen LogP contribution in [-0.2, 0) is 0 Å². The second kappa shape index (κ2) is 13.0. The Morgan fingerprint density at radius 1 is 0.824 bits per heavy atom. The van der Waals surface area contributed by atoms with E-state index in [-0.39, 0.29) is 29.4 Å². The van der Waals surface area contributed by atoms with Crippen molar-refractivity contribution >= 4 is 0 Å². The first-order chi connectivity index (χ1) is 16.5. The highest BCUT2D eigenvalue weighted by atomic mass is 19.2. The molecular weight excluding hydrogens is 440 g/mol. The van der Waals surface area contributed by atoms with Crippen LogP contribution in [0.4, 0.5) is 17.6 Å². The number of unbranched alkanes of at least 4 members (excludes halogenated alkanes) is 4. The lowest BCUT2D eigenvalue weighted by atomic mass is 9.76. The number of hydrogen-bond donors (Lipinski definition) is 0. The van der Waals surface area contributed by atoms with E-state index in [0.717, 1.165) is 25.7 Å². The normalized spacial score (nSPS) is 18.1. The van der Waals surface area contributed by atoms with Crippen LogP contribution in [0, 0.1) is 29.2 Å². The molecule has 2 aromatic rings. The summed E-state index contributed by atoms with van der Waals surface area (Å²) in [5.74, 6) is -4.18. The Labute approximate surface area is 201 Å². The first-order valence-corrected chi connectivity index (χ1v) is 12.7. The van der Waals surface area contributed by atoms with Crippen LogP contribution in [0.5, 0.6) is 5.75 Å². The van der Waals surface area contributed by atoms with Crippen LogP contribution < -0.4 is 4.74 Å². The van der Waals surface area contributed by atoms with Crippen molar-refractivity contribution < 1.29 is 22.3 Å². The molecule has 0 spiro atoms. The lowest BCUT2D eigenvalue weighted by molar-refractivity contribution is 0.297. The Morgan fingerprint density at radius 2 is 1.47 bits per heavy atom. The second-order valence-corrected chi connectivity index (χ2v) is 9.42. The van der Waals surface area contributed by atoms with Crippen LogP contribution in [0.25, 0.3) is 11.1 Å². The smallest absolute Gasteiger partial charge is 0.201 e. The van der Waals surface area contributed by atoms with Crippen LogP contribution in [-0.4, -0.2) is 6.61 Å². The molecule has 0 N–H and O–H groups in total. The van der Waals surface area contributed by atoms with Gasteiger partial charge in [-0.3, -0.25) is 0 Å². The Kier molecular flexibility index (Phi) is 10.0. The Bertz CT molecular complexity index is 948. The molecule has 34 heavy (non-hydrogen) atoms. The van der Waals surface area contributed by atoms with Crippen molar-refractivity contribution in [1.29, 1.82) is 0 Å². The summed E-state index contributed by atoms with van der Waals surface area (Å²) in [6.07, 6.45) is 13.3. The lowest BCUT2D eigenvalue weighted by Crippen LogP contribution is -2.15. The van der Waals surface area contributed by atoms with Gasteiger partial charge in [0.15, 0.2) is 23.2 Å². The average Bonchev–Trinajstić information content (AvgIpc) is 2.84. The molecule has 0 amide bonds. The first-order valence-electron chi connectivity index (χ1n) is 12.7. The van der Waals surface area contributed by atoms with E-state index in [1.165, 1.54) is 62.8 Å². The van der Waals surface area contributed by atoms with Crippen LogP contribution in [0.2, 0.25) is 0 Å². The molecular formula is C29H36F4O. The highest BCUT2D eigenvalue weighted by Gasteiger charge is 2.27. The van der Waals surface area contributed by atoms with E-state index in [9.17, 15) is 8.78 Å². The van der Waals surface area contributed by atoms with Gasteiger partial charge in [-0.25, -0.2) is 13.2 Å². The zero-order valence-corrected chi connectivity index (χ0v) is 20.2. The zero-order chi connectivity index (χ0) is 24.5. The van der Waals surface area contributed by atoms with Gasteiger partial charge in [0.25, 0.3) is 0 Å². The molecule has 0 radical (unpaired) electrons. The maximum atomic E-state index is 15.0. The molecule has 5 heteroatoms. The monoisotopic (exact) mass is 476 g/mol. The number of hydrogen-bond acceptors (Lipinski definition) is 1. The molecule has 0 atom stereocenters. The fraction of sp³-hybridized carbons (Fsp3) is 0.517. The first kappa shape index (κ1) is 26.3. The molecule has 1 fully saturated rings. The zero-order valence-electron chi connectivity index (χ0n) is 20.2. The Morgan fingerprint density at radius 3 is 2.15 bits per heavy atom. The summed E-state index contributed by atoms with van der Waals surface area (Å²) >= 11 is 0. The number of halogens is 4. The summed E-state index contributed by atoms with van der Waals surface area (Å²) in [6, 6.07) is 5.37. The van der Waals surface area contributed by atoms with E-state index < -0.39 is 23.3 Å². The van der Waals surface area contributed by atoms with Crippen molar-refractivity contribution in [3.05, 3.63) is 65.8 Å². The predicted octanol–water partition coefficient (Wildman–Crippen LogP) is 9.50. The van der Waals surface area contributed by atoms with E-state index in [0.29, 0.717) is 17.9 Å². The molecule has 0 heterocycles. The highest BCUT2D eigenvalue weighted by molar-refractivity contribution is 5.66. The van der Waals surface area contributed by atoms with Gasteiger partial charge in [-0.1, -0.05) is 63.7 Å². The number of rotatable bonds is 12. The third kappa shape index (κ3) is 6.43. The molecule has 3 rings (SSSR count). The molecule has 0 unspecified atom stereocenters. The summed E-state index contributed by atoms with van der Waals surface area (Å²) in [6.45, 7) is 5.90. The quantitative estimate of drug-likeness (QED) is 0.168. The van der Waals surface area contributed by atoms with Crippen LogP contribution in [0.15, 0.2) is 36.9 Å². The fourth-order valence-corrected chi connectivity index (χ4v) is 4.99. The molecule has 1 aliphatic carbocycles. The topological polar surface area (TPSA) is 9.23 Å². The predicted molar refractivity (Wildman–Crippen MR) is 130 cm³/mol. The molecule has 0 bridgehead atoms. The van der Waals surface area contributed by atoms with Crippen molar-refractivity contribution in [3.63, 3.8) is 0 Å². The highest BCUT2D eigenvalue weighted by Crippen LogP contribution is 2.41. The van der Waals surface area contributed by atoms with Gasteiger partial charge in [-0.15, -0.1) is 6.58 Å². The van der Waals surface area contributed by atoms with Crippen LogP contribution in [0.1, 0.15) is 89.0 Å². The molecule has 1 saturated carbocycles. The van der Waals surface area contributed by atoms with Gasteiger partial charge in [0.1, 0.15) is 0 Å². The molecule has 1 nitrogen and oxygen atoms in total. The second-order valence-electron chi connectivity index (χ2n) is 9.42. The van der Waals surface area contributed by atoms with Gasteiger partial charge in [-0.2, -0.15) is 4.39 Å². The van der Waals surface area contributed by atoms with E-state index >= 15 is 8.78 Å². The van der Waals surface area contributed by atoms with Gasteiger partial charge in [0.2, 0.25) is 5.82 Å². The maximum Gasteiger partial charge on any atom is 0.201 e. The van der Waals surface area contributed by atoms with Crippen molar-refractivity contribution in [2.24, 2.45) is 5.92 Å². The van der Waals surface area contributed by atoms with Gasteiger partial charge in [0, 0.05) is 11.1 Å². The lowest BCUT2D eigenvalue weighted by Gasteiger charge is -2.29. The van der Waals surface area contributed by atoms with Gasteiger partial charge < -0.3 is 4.74 Å². The molecule has 1 aliphatic rings. The number of ether oxygens (including phenoxy) is 1. The van der Waals surface area contributed by atoms with E-state index in [1.807, 2.05) is 0 Å². The summed E-state index contributed by atoms with van der Waals surface area (Å²) in [7, 11) is 0. The third-order valence-corrected chi connectivity index (χ3v) is 7.03. The van der Waals surface area contributed by atoms with Gasteiger partial charge >= 0.3 is 0 Å². The van der Waals surface area contributed by atoms with Gasteiger partial charge in [-0.05, 0) is 61.6 Å². The number of benzene rings is 2. The van der Waals surface area contributed by atoms with Crippen LogP contribution >= 0.6 is 0 Å². The minimum Gasteiger partial charge on any atom is -0.490 e. The van der Waals surface area contributed by atoms with Crippen molar-refractivity contribution in [3.8, 4) is 16.9 Å². The van der Waals surface area contributed by atoms with E-state index in [4.69, 9.17) is 4.74 Å². The van der Waals surface area contributed by atoms with Crippen LogP contribution in [0.3, 0.4) is 0 Å². The fourth-order valence-electron chi connectivity index (χ4n) is 4.99. The Hall–Kier alpha value is -2.30. The summed E-state index contributed by atoms with van der Waals surface area (Å²) < 4.78 is 64.3. The maximum absolute atomic E-state index is 15.0. The minimum absolute atomic E-state index is 0.0397. The van der Waals surface area contributed by atoms with Gasteiger partial charge in [0.05, 0.1) is 6.61 Å². The van der Waals surface area contributed by atoms with E-state index in [1.54, 1.807) is 6.08 Å². The molecule has 0 aromatic heterocycles. The largest absolute Gasteiger partial charge is 0.490 e. The van der Waals surface area contributed by atoms with Crippen molar-refractivity contribution in [2.45, 2.75) is 83.5 Å². The third-order valence-electron chi connectivity index (χ3n) is 7.03. The summed E-state index contributed by atoms with van der Waals surface area (Å²) in [5, 5.41) is 0. The Balaban J connectivity index is 1.67. The summed E-state index contributed by atoms with van der Waals surface area (Å²) in [4.78, 5) is 0. The van der Waals surface area contributed by atoms with Crippen molar-refractivity contribution in [2.75, 3.05) is 6.61 Å². The molecule has 186 valence electrons. The van der Waals surface area contributed by atoms with Crippen molar-refractivity contribution in [1.82, 2.24) is 0 Å². The molecule has 0 saturated heterocycles. The average molecular weight is 477 g/mol.